The van der Waals surface area contributed by atoms with Gasteiger partial charge < -0.3 is 5.73 Å². The molecule has 1 aliphatic carbocycles. The van der Waals surface area contributed by atoms with Crippen LogP contribution in [0.2, 0.25) is 0 Å². The van der Waals surface area contributed by atoms with Gasteiger partial charge in [0, 0.05) is 12.1 Å². The molecule has 0 bridgehead atoms. The van der Waals surface area contributed by atoms with Gasteiger partial charge in [-0.1, -0.05) is 13.8 Å². The molecule has 1 aliphatic heterocycles. The Labute approximate surface area is 94.2 Å². The zero-order chi connectivity index (χ0) is 10.8. The SMILES string of the molecule is CC(C)CC1C(CN)CCCN1C1CC1. The third-order valence-electron chi connectivity index (χ3n) is 3.99. The molecular weight excluding hydrogens is 184 g/mol. The topological polar surface area (TPSA) is 29.3 Å². The van der Waals surface area contributed by atoms with E-state index in [1.165, 1.54) is 38.6 Å². The second kappa shape index (κ2) is 4.84. The van der Waals surface area contributed by atoms with Crippen molar-refractivity contribution in [2.24, 2.45) is 17.6 Å². The quantitative estimate of drug-likeness (QED) is 0.771. The Kier molecular flexibility index (Phi) is 3.68. The maximum absolute atomic E-state index is 5.93. The van der Waals surface area contributed by atoms with Crippen LogP contribution in [-0.4, -0.2) is 30.1 Å². The fraction of sp³-hybridized carbons (Fsp3) is 1.00. The number of nitrogens with zero attached hydrogens (tertiary/aromatic N) is 1. The summed E-state index contributed by atoms with van der Waals surface area (Å²) in [7, 11) is 0. The fourth-order valence-corrected chi connectivity index (χ4v) is 3.11. The lowest BCUT2D eigenvalue weighted by atomic mass is 9.84. The van der Waals surface area contributed by atoms with Crippen LogP contribution in [0.25, 0.3) is 0 Å². The lowest BCUT2D eigenvalue weighted by molar-refractivity contribution is 0.0728. The fourth-order valence-electron chi connectivity index (χ4n) is 3.11. The third-order valence-corrected chi connectivity index (χ3v) is 3.99. The molecule has 0 spiro atoms. The summed E-state index contributed by atoms with van der Waals surface area (Å²) in [6, 6.07) is 1.71. The van der Waals surface area contributed by atoms with Crippen LogP contribution in [-0.2, 0) is 0 Å². The standard InChI is InChI=1S/C13H26N2/c1-10(2)8-13-11(9-14)4-3-7-15(13)12-5-6-12/h10-13H,3-9,14H2,1-2H3. The minimum Gasteiger partial charge on any atom is -0.330 e. The Hall–Kier alpha value is -0.0800. The molecule has 2 fully saturated rings. The molecular formula is C13H26N2. The second-order valence-electron chi connectivity index (χ2n) is 5.80. The number of rotatable bonds is 4. The molecule has 1 heterocycles. The van der Waals surface area contributed by atoms with Gasteiger partial charge >= 0.3 is 0 Å². The average molecular weight is 210 g/mol. The molecule has 2 heteroatoms. The van der Waals surface area contributed by atoms with Crippen LogP contribution in [0.1, 0.15) is 46.0 Å². The van der Waals surface area contributed by atoms with Gasteiger partial charge in [0.15, 0.2) is 0 Å². The first-order valence-corrected chi connectivity index (χ1v) is 6.68. The van der Waals surface area contributed by atoms with Crippen molar-refractivity contribution in [2.75, 3.05) is 13.1 Å². The highest BCUT2D eigenvalue weighted by Crippen LogP contribution is 2.36. The largest absolute Gasteiger partial charge is 0.330 e. The summed E-state index contributed by atoms with van der Waals surface area (Å²) in [6.07, 6.45) is 6.94. The number of hydrogen-bond donors (Lipinski definition) is 1. The number of hydrogen-bond acceptors (Lipinski definition) is 2. The van der Waals surface area contributed by atoms with E-state index in [-0.39, 0.29) is 0 Å². The lowest BCUT2D eigenvalue weighted by Crippen LogP contribution is -2.49. The number of piperidine rings is 1. The van der Waals surface area contributed by atoms with Crippen molar-refractivity contribution in [1.29, 1.82) is 0 Å². The Morgan fingerprint density at radius 2 is 2.00 bits per heavy atom. The van der Waals surface area contributed by atoms with Crippen molar-refractivity contribution < 1.29 is 0 Å². The van der Waals surface area contributed by atoms with Gasteiger partial charge in [0.2, 0.25) is 0 Å². The molecule has 0 radical (unpaired) electrons. The minimum atomic E-state index is 0.766. The van der Waals surface area contributed by atoms with Crippen LogP contribution in [0.3, 0.4) is 0 Å². The first-order valence-electron chi connectivity index (χ1n) is 6.68. The summed E-state index contributed by atoms with van der Waals surface area (Å²) in [5, 5.41) is 0. The van der Waals surface area contributed by atoms with E-state index in [0.29, 0.717) is 0 Å². The highest BCUT2D eigenvalue weighted by Gasteiger charge is 2.39. The van der Waals surface area contributed by atoms with Crippen molar-refractivity contribution in [3.63, 3.8) is 0 Å². The molecule has 88 valence electrons. The molecule has 0 aromatic heterocycles. The normalized spacial score (nSPS) is 33.6. The molecule has 2 atom stereocenters. The van der Waals surface area contributed by atoms with Gasteiger partial charge in [0.05, 0.1) is 0 Å². The maximum atomic E-state index is 5.93. The van der Waals surface area contributed by atoms with Crippen molar-refractivity contribution in [2.45, 2.75) is 58.0 Å². The predicted molar refractivity (Wildman–Crippen MR) is 64.7 cm³/mol. The molecule has 15 heavy (non-hydrogen) atoms. The Morgan fingerprint density at radius 1 is 1.27 bits per heavy atom. The van der Waals surface area contributed by atoms with Crippen molar-refractivity contribution in [3.8, 4) is 0 Å². The second-order valence-corrected chi connectivity index (χ2v) is 5.80. The van der Waals surface area contributed by atoms with E-state index in [1.807, 2.05) is 0 Å². The Balaban J connectivity index is 2.00. The lowest BCUT2D eigenvalue weighted by Gasteiger charge is -2.42. The van der Waals surface area contributed by atoms with Crippen molar-refractivity contribution in [1.82, 2.24) is 4.90 Å². The molecule has 2 unspecified atom stereocenters. The van der Waals surface area contributed by atoms with E-state index >= 15 is 0 Å². The van der Waals surface area contributed by atoms with Crippen LogP contribution in [0.5, 0.6) is 0 Å². The average Bonchev–Trinajstić information content (AvgIpc) is 3.01. The summed E-state index contributed by atoms with van der Waals surface area (Å²) >= 11 is 0. The first kappa shape index (κ1) is 11.4. The van der Waals surface area contributed by atoms with E-state index in [9.17, 15) is 0 Å². The highest BCUT2D eigenvalue weighted by atomic mass is 15.2. The molecule has 0 amide bonds. The van der Waals surface area contributed by atoms with Gasteiger partial charge in [-0.15, -0.1) is 0 Å². The molecule has 1 saturated heterocycles. The molecule has 0 aromatic carbocycles. The maximum Gasteiger partial charge on any atom is 0.0141 e. The molecule has 2 aliphatic rings. The molecule has 0 aromatic rings. The van der Waals surface area contributed by atoms with Gasteiger partial charge in [-0.05, 0) is 57.0 Å². The summed E-state index contributed by atoms with van der Waals surface area (Å²) in [6.45, 7) is 6.90. The van der Waals surface area contributed by atoms with E-state index in [2.05, 4.69) is 18.7 Å². The monoisotopic (exact) mass is 210 g/mol. The molecule has 1 saturated carbocycles. The van der Waals surface area contributed by atoms with Crippen LogP contribution in [0.15, 0.2) is 0 Å². The minimum absolute atomic E-state index is 0.766. The van der Waals surface area contributed by atoms with Gasteiger partial charge in [0.1, 0.15) is 0 Å². The highest BCUT2D eigenvalue weighted by molar-refractivity contribution is 4.94. The zero-order valence-corrected chi connectivity index (χ0v) is 10.3. The molecule has 2 N–H and O–H groups in total. The van der Waals surface area contributed by atoms with Crippen LogP contribution in [0.4, 0.5) is 0 Å². The smallest absolute Gasteiger partial charge is 0.0141 e. The summed E-state index contributed by atoms with van der Waals surface area (Å²) in [4.78, 5) is 2.78. The molecule has 2 nitrogen and oxygen atoms in total. The number of likely N-dealkylation sites (tertiary alicyclic amines) is 1. The van der Waals surface area contributed by atoms with E-state index in [4.69, 9.17) is 5.73 Å². The third kappa shape index (κ3) is 2.73. The van der Waals surface area contributed by atoms with Crippen molar-refractivity contribution >= 4 is 0 Å². The van der Waals surface area contributed by atoms with Gasteiger partial charge in [-0.25, -0.2) is 0 Å². The summed E-state index contributed by atoms with van der Waals surface area (Å²) < 4.78 is 0. The van der Waals surface area contributed by atoms with Crippen LogP contribution in [0, 0.1) is 11.8 Å². The zero-order valence-electron chi connectivity index (χ0n) is 10.3. The van der Waals surface area contributed by atoms with E-state index in [0.717, 1.165) is 30.5 Å². The van der Waals surface area contributed by atoms with E-state index < -0.39 is 0 Å². The van der Waals surface area contributed by atoms with Crippen molar-refractivity contribution in [3.05, 3.63) is 0 Å². The Morgan fingerprint density at radius 3 is 2.53 bits per heavy atom. The van der Waals surface area contributed by atoms with Gasteiger partial charge in [-0.3, -0.25) is 4.90 Å². The summed E-state index contributed by atoms with van der Waals surface area (Å²) in [5.74, 6) is 1.57. The van der Waals surface area contributed by atoms with Gasteiger partial charge in [0.25, 0.3) is 0 Å². The first-order chi connectivity index (χ1) is 7.22. The van der Waals surface area contributed by atoms with E-state index in [1.54, 1.807) is 0 Å². The Bertz CT molecular complexity index is 199. The predicted octanol–water partition coefficient (Wildman–Crippen LogP) is 2.23. The van der Waals surface area contributed by atoms with Crippen LogP contribution >= 0.6 is 0 Å². The van der Waals surface area contributed by atoms with Crippen LogP contribution < -0.4 is 5.73 Å². The summed E-state index contributed by atoms with van der Waals surface area (Å²) in [5.41, 5.74) is 5.93. The molecule has 2 rings (SSSR count). The number of nitrogens with two attached hydrogens (primary N) is 1. The van der Waals surface area contributed by atoms with Gasteiger partial charge in [-0.2, -0.15) is 0 Å².